The van der Waals surface area contributed by atoms with E-state index in [1.165, 1.54) is 31.3 Å². The van der Waals surface area contributed by atoms with E-state index in [0.717, 1.165) is 11.6 Å². The maximum Gasteiger partial charge on any atom is 0.300 e. The molecule has 3 aromatic carbocycles. The summed E-state index contributed by atoms with van der Waals surface area (Å²) in [6.07, 6.45) is 0. The van der Waals surface area contributed by atoms with Gasteiger partial charge in [0.1, 0.15) is 17.3 Å². The zero-order chi connectivity index (χ0) is 28.6. The fourth-order valence-electron chi connectivity index (χ4n) is 4.67. The average molecular weight is 554 g/mol. The average Bonchev–Trinajstić information content (AvgIpc) is 3.18. The number of hydrogen-bond acceptors (Lipinski definition) is 6. The first-order valence-corrected chi connectivity index (χ1v) is 12.5. The molecule has 1 saturated heterocycles. The molecule has 1 aliphatic rings. The van der Waals surface area contributed by atoms with Crippen LogP contribution in [0.2, 0.25) is 5.02 Å². The maximum absolute atomic E-state index is 14.0. The normalized spacial score (nSPS) is 16.9. The van der Waals surface area contributed by atoms with Crippen molar-refractivity contribution in [3.8, 4) is 17.2 Å². The van der Waals surface area contributed by atoms with Gasteiger partial charge in [-0.1, -0.05) is 38.4 Å². The van der Waals surface area contributed by atoms with Gasteiger partial charge < -0.3 is 19.3 Å². The van der Waals surface area contributed by atoms with Crippen LogP contribution in [0, 0.1) is 5.82 Å². The second-order valence-corrected chi connectivity index (χ2v) is 10.5. The molecule has 0 aromatic heterocycles. The third-order valence-electron chi connectivity index (χ3n) is 6.63. The highest BCUT2D eigenvalue weighted by Crippen LogP contribution is 2.45. The van der Waals surface area contributed by atoms with Gasteiger partial charge in [0.2, 0.25) is 0 Å². The summed E-state index contributed by atoms with van der Waals surface area (Å²) in [5.41, 5.74) is 1.29. The molecular formula is C30H29ClFNO6. The van der Waals surface area contributed by atoms with Crippen LogP contribution in [0.5, 0.6) is 17.2 Å². The van der Waals surface area contributed by atoms with Crippen LogP contribution in [0.4, 0.5) is 10.1 Å². The highest BCUT2D eigenvalue weighted by atomic mass is 35.5. The first-order chi connectivity index (χ1) is 18.4. The number of aliphatic hydroxyl groups is 1. The summed E-state index contributed by atoms with van der Waals surface area (Å²) in [7, 11) is 4.50. The molecule has 1 fully saturated rings. The lowest BCUT2D eigenvalue weighted by atomic mass is 9.84. The van der Waals surface area contributed by atoms with Gasteiger partial charge in [-0.3, -0.25) is 14.5 Å². The Morgan fingerprint density at radius 1 is 0.897 bits per heavy atom. The van der Waals surface area contributed by atoms with Crippen molar-refractivity contribution in [3.63, 3.8) is 0 Å². The number of ether oxygens (including phenoxy) is 3. The Morgan fingerprint density at radius 3 is 2.13 bits per heavy atom. The highest BCUT2D eigenvalue weighted by molar-refractivity contribution is 6.51. The van der Waals surface area contributed by atoms with Gasteiger partial charge in [0.05, 0.1) is 38.0 Å². The molecular weight excluding hydrogens is 525 g/mol. The molecule has 1 atom stereocenters. The van der Waals surface area contributed by atoms with E-state index < -0.39 is 23.5 Å². The van der Waals surface area contributed by atoms with Gasteiger partial charge >= 0.3 is 0 Å². The van der Waals surface area contributed by atoms with Crippen LogP contribution in [-0.4, -0.2) is 38.1 Å². The van der Waals surface area contributed by atoms with E-state index in [4.69, 9.17) is 25.8 Å². The molecule has 9 heteroatoms. The predicted octanol–water partition coefficient (Wildman–Crippen LogP) is 6.43. The third-order valence-corrected chi connectivity index (χ3v) is 6.92. The van der Waals surface area contributed by atoms with Crippen molar-refractivity contribution in [2.45, 2.75) is 32.2 Å². The van der Waals surface area contributed by atoms with Crippen molar-refractivity contribution in [2.24, 2.45) is 0 Å². The van der Waals surface area contributed by atoms with Gasteiger partial charge in [-0.05, 0) is 59.5 Å². The molecule has 1 aliphatic heterocycles. The number of ketones is 1. The number of carbonyl (C=O) groups excluding carboxylic acids is 2. The van der Waals surface area contributed by atoms with Crippen LogP contribution in [0.15, 0.2) is 60.2 Å². The number of rotatable bonds is 6. The number of Topliss-reactive ketones (excluding diaryl/α,β-unsaturated/α-hetero) is 1. The molecule has 7 nitrogen and oxygen atoms in total. The van der Waals surface area contributed by atoms with Crippen LogP contribution in [-0.2, 0) is 15.0 Å². The Hall–Kier alpha value is -4.04. The maximum atomic E-state index is 14.0. The SMILES string of the molecule is COc1ccc(C2/C(=C(\O)c3ccc(OC)c(C(C)(C)C)c3)C(=O)C(=O)N2c2ccc(F)c(Cl)c2)cc1OC. The second kappa shape index (κ2) is 10.6. The van der Waals surface area contributed by atoms with E-state index in [-0.39, 0.29) is 27.5 Å². The van der Waals surface area contributed by atoms with Gasteiger partial charge in [0, 0.05) is 16.8 Å². The van der Waals surface area contributed by atoms with Gasteiger partial charge in [0.15, 0.2) is 11.5 Å². The second-order valence-electron chi connectivity index (χ2n) is 10.0. The molecule has 0 bridgehead atoms. The molecule has 0 spiro atoms. The summed E-state index contributed by atoms with van der Waals surface area (Å²) >= 11 is 6.03. The fraction of sp³-hybridized carbons (Fsp3) is 0.267. The van der Waals surface area contributed by atoms with Crippen LogP contribution >= 0.6 is 11.6 Å². The number of halogens is 2. The molecule has 1 unspecified atom stereocenters. The van der Waals surface area contributed by atoms with Gasteiger partial charge in [0.25, 0.3) is 11.7 Å². The van der Waals surface area contributed by atoms with Gasteiger partial charge in [-0.2, -0.15) is 0 Å². The predicted molar refractivity (Wildman–Crippen MR) is 147 cm³/mol. The summed E-state index contributed by atoms with van der Waals surface area (Å²) in [4.78, 5) is 28.2. The van der Waals surface area contributed by atoms with Crippen molar-refractivity contribution in [1.29, 1.82) is 0 Å². The molecule has 4 rings (SSSR count). The molecule has 0 saturated carbocycles. The van der Waals surface area contributed by atoms with Crippen LogP contribution < -0.4 is 19.1 Å². The Kier molecular flexibility index (Phi) is 7.61. The number of methoxy groups -OCH3 is 3. The molecule has 0 aliphatic carbocycles. The van der Waals surface area contributed by atoms with E-state index in [0.29, 0.717) is 28.4 Å². The number of hydrogen-bond donors (Lipinski definition) is 1. The number of carbonyl (C=O) groups is 2. The van der Waals surface area contributed by atoms with Crippen molar-refractivity contribution < 1.29 is 33.3 Å². The van der Waals surface area contributed by atoms with Crippen LogP contribution in [0.1, 0.15) is 43.5 Å². The van der Waals surface area contributed by atoms with Gasteiger partial charge in [-0.25, -0.2) is 4.39 Å². The van der Waals surface area contributed by atoms with E-state index in [1.54, 1.807) is 43.5 Å². The Balaban J connectivity index is 2.00. The zero-order valence-electron chi connectivity index (χ0n) is 22.5. The summed E-state index contributed by atoms with van der Waals surface area (Å²) in [5.74, 6) is -1.42. The Labute approximate surface area is 231 Å². The Bertz CT molecular complexity index is 1490. The van der Waals surface area contributed by atoms with Crippen molar-refractivity contribution in [1.82, 2.24) is 0 Å². The van der Waals surface area contributed by atoms with Crippen molar-refractivity contribution >= 4 is 34.7 Å². The minimum atomic E-state index is -1.08. The number of benzene rings is 3. The van der Waals surface area contributed by atoms with E-state index in [9.17, 15) is 19.1 Å². The summed E-state index contributed by atoms with van der Waals surface area (Å²) < 4.78 is 30.3. The lowest BCUT2D eigenvalue weighted by Crippen LogP contribution is -2.29. The summed E-state index contributed by atoms with van der Waals surface area (Å²) in [6.45, 7) is 5.99. The molecule has 1 amide bonds. The quantitative estimate of drug-likeness (QED) is 0.215. The minimum absolute atomic E-state index is 0.141. The van der Waals surface area contributed by atoms with Crippen LogP contribution in [0.3, 0.4) is 0 Å². The number of nitrogens with zero attached hydrogens (tertiary/aromatic N) is 1. The third kappa shape index (κ3) is 5.04. The topological polar surface area (TPSA) is 85.3 Å². The number of aliphatic hydroxyl groups excluding tert-OH is 1. The largest absolute Gasteiger partial charge is 0.507 e. The number of amides is 1. The summed E-state index contributed by atoms with van der Waals surface area (Å²) in [5, 5.41) is 11.4. The lowest BCUT2D eigenvalue weighted by molar-refractivity contribution is -0.132. The molecule has 1 heterocycles. The van der Waals surface area contributed by atoms with E-state index in [2.05, 4.69) is 0 Å². The standard InChI is InChI=1S/C30H29ClFNO6/c1-30(2,3)19-13-17(8-11-22(19)37-4)27(34)25-26(16-7-12-23(38-5)24(14-16)39-6)33(29(36)28(25)35)18-9-10-21(32)20(31)15-18/h7-15,26,34H,1-6H3/b27-25+. The first kappa shape index (κ1) is 28.0. The lowest BCUT2D eigenvalue weighted by Gasteiger charge is -2.26. The fourth-order valence-corrected chi connectivity index (χ4v) is 4.84. The molecule has 3 aromatic rings. The van der Waals surface area contributed by atoms with E-state index in [1.807, 2.05) is 20.8 Å². The van der Waals surface area contributed by atoms with Gasteiger partial charge in [-0.15, -0.1) is 0 Å². The molecule has 204 valence electrons. The minimum Gasteiger partial charge on any atom is -0.507 e. The Morgan fingerprint density at radius 2 is 1.54 bits per heavy atom. The molecule has 39 heavy (non-hydrogen) atoms. The smallest absolute Gasteiger partial charge is 0.300 e. The highest BCUT2D eigenvalue weighted by Gasteiger charge is 2.47. The molecule has 0 radical (unpaired) electrons. The summed E-state index contributed by atoms with van der Waals surface area (Å²) in [6, 6.07) is 12.6. The first-order valence-electron chi connectivity index (χ1n) is 12.1. The molecule has 1 N–H and O–H groups in total. The monoisotopic (exact) mass is 553 g/mol. The number of anilines is 1. The van der Waals surface area contributed by atoms with E-state index >= 15 is 0 Å². The van der Waals surface area contributed by atoms with Crippen molar-refractivity contribution in [2.75, 3.05) is 26.2 Å². The van der Waals surface area contributed by atoms with Crippen molar-refractivity contribution in [3.05, 3.63) is 87.7 Å². The zero-order valence-corrected chi connectivity index (χ0v) is 23.2. The van der Waals surface area contributed by atoms with Crippen LogP contribution in [0.25, 0.3) is 5.76 Å².